The molecule has 0 bridgehead atoms. The monoisotopic (exact) mass is 207 g/mol. The summed E-state index contributed by atoms with van der Waals surface area (Å²) in [6.07, 6.45) is -0.571. The van der Waals surface area contributed by atoms with Crippen molar-refractivity contribution in [3.63, 3.8) is 0 Å². The standard InChI is InChI=1S/C12H17NO2/c1-9-6-4-5-7-10(9)11(14)8-12(15)13(2)3/h4-7,11,14H,8H2,1-3H3/t11-/m1/s1. The maximum atomic E-state index is 11.4. The van der Waals surface area contributed by atoms with Crippen LogP contribution in [0.3, 0.4) is 0 Å². The third kappa shape index (κ3) is 3.06. The molecule has 0 radical (unpaired) electrons. The summed E-state index contributed by atoms with van der Waals surface area (Å²) in [5, 5.41) is 9.87. The number of aliphatic hydroxyl groups excluding tert-OH is 1. The number of aliphatic hydroxyl groups is 1. The quantitative estimate of drug-likeness (QED) is 0.816. The summed E-state index contributed by atoms with van der Waals surface area (Å²) >= 11 is 0. The van der Waals surface area contributed by atoms with Crippen molar-refractivity contribution >= 4 is 5.91 Å². The molecule has 1 rings (SSSR count). The van der Waals surface area contributed by atoms with E-state index in [0.717, 1.165) is 11.1 Å². The largest absolute Gasteiger partial charge is 0.388 e. The second kappa shape index (κ2) is 4.94. The van der Waals surface area contributed by atoms with Crippen molar-refractivity contribution in [2.24, 2.45) is 0 Å². The van der Waals surface area contributed by atoms with E-state index in [1.165, 1.54) is 4.90 Å². The van der Waals surface area contributed by atoms with Crippen molar-refractivity contribution < 1.29 is 9.90 Å². The number of carbonyl (C=O) groups excluding carboxylic acids is 1. The van der Waals surface area contributed by atoms with E-state index in [0.29, 0.717) is 0 Å². The Bertz CT molecular complexity index is 347. The molecule has 1 amide bonds. The van der Waals surface area contributed by atoms with Crippen LogP contribution in [0.1, 0.15) is 23.7 Å². The van der Waals surface area contributed by atoms with Gasteiger partial charge in [-0.1, -0.05) is 24.3 Å². The molecule has 3 heteroatoms. The van der Waals surface area contributed by atoms with Crippen LogP contribution in [-0.2, 0) is 4.79 Å². The van der Waals surface area contributed by atoms with Crippen molar-refractivity contribution in [2.75, 3.05) is 14.1 Å². The van der Waals surface area contributed by atoms with Crippen LogP contribution in [0.15, 0.2) is 24.3 Å². The van der Waals surface area contributed by atoms with Crippen LogP contribution >= 0.6 is 0 Å². The van der Waals surface area contributed by atoms with Gasteiger partial charge in [0, 0.05) is 14.1 Å². The minimum absolute atomic E-state index is 0.0641. The van der Waals surface area contributed by atoms with Gasteiger partial charge >= 0.3 is 0 Å². The van der Waals surface area contributed by atoms with Gasteiger partial charge in [-0.05, 0) is 18.1 Å². The second-order valence-corrected chi connectivity index (χ2v) is 3.86. The Morgan fingerprint density at radius 1 is 1.40 bits per heavy atom. The number of rotatable bonds is 3. The Labute approximate surface area is 90.3 Å². The molecule has 1 aromatic rings. The summed E-state index contributed by atoms with van der Waals surface area (Å²) in [5.41, 5.74) is 1.84. The normalized spacial score (nSPS) is 12.3. The fraction of sp³-hybridized carbons (Fsp3) is 0.417. The summed E-state index contributed by atoms with van der Waals surface area (Å²) in [6, 6.07) is 7.56. The first-order valence-corrected chi connectivity index (χ1v) is 4.96. The highest BCUT2D eigenvalue weighted by molar-refractivity contribution is 5.76. The fourth-order valence-corrected chi connectivity index (χ4v) is 1.42. The number of hydrogen-bond donors (Lipinski definition) is 1. The van der Waals surface area contributed by atoms with E-state index in [1.54, 1.807) is 14.1 Å². The highest BCUT2D eigenvalue weighted by atomic mass is 16.3. The van der Waals surface area contributed by atoms with Crippen LogP contribution in [0, 0.1) is 6.92 Å². The SMILES string of the molecule is Cc1ccccc1[C@H](O)CC(=O)N(C)C. The molecular weight excluding hydrogens is 190 g/mol. The number of benzene rings is 1. The van der Waals surface area contributed by atoms with E-state index in [2.05, 4.69) is 0 Å². The number of nitrogens with zero attached hydrogens (tertiary/aromatic N) is 1. The smallest absolute Gasteiger partial charge is 0.225 e. The molecule has 0 heterocycles. The lowest BCUT2D eigenvalue weighted by Gasteiger charge is -2.16. The van der Waals surface area contributed by atoms with Crippen molar-refractivity contribution in [3.8, 4) is 0 Å². The molecule has 0 fully saturated rings. The van der Waals surface area contributed by atoms with Crippen molar-refractivity contribution in [3.05, 3.63) is 35.4 Å². The Morgan fingerprint density at radius 2 is 2.00 bits per heavy atom. The van der Waals surface area contributed by atoms with E-state index in [4.69, 9.17) is 0 Å². The number of aryl methyl sites for hydroxylation is 1. The lowest BCUT2D eigenvalue weighted by molar-refractivity contribution is -0.130. The first-order chi connectivity index (χ1) is 7.02. The Balaban J connectivity index is 2.73. The molecule has 1 aromatic carbocycles. The van der Waals surface area contributed by atoms with Gasteiger partial charge in [-0.15, -0.1) is 0 Å². The van der Waals surface area contributed by atoms with Gasteiger partial charge in [0.25, 0.3) is 0 Å². The van der Waals surface area contributed by atoms with Crippen LogP contribution in [0.4, 0.5) is 0 Å². The zero-order valence-electron chi connectivity index (χ0n) is 9.40. The highest BCUT2D eigenvalue weighted by Crippen LogP contribution is 2.20. The molecule has 0 aromatic heterocycles. The van der Waals surface area contributed by atoms with Gasteiger partial charge in [-0.2, -0.15) is 0 Å². The van der Waals surface area contributed by atoms with Gasteiger partial charge in [0.1, 0.15) is 0 Å². The van der Waals surface area contributed by atoms with E-state index in [-0.39, 0.29) is 12.3 Å². The average Bonchev–Trinajstić information content (AvgIpc) is 2.18. The molecule has 3 nitrogen and oxygen atoms in total. The van der Waals surface area contributed by atoms with E-state index < -0.39 is 6.10 Å². The number of carbonyl (C=O) groups is 1. The second-order valence-electron chi connectivity index (χ2n) is 3.86. The van der Waals surface area contributed by atoms with Crippen LogP contribution in [0.2, 0.25) is 0 Å². The molecule has 0 aliphatic rings. The molecule has 1 atom stereocenters. The van der Waals surface area contributed by atoms with Crippen molar-refractivity contribution in [1.82, 2.24) is 4.90 Å². The third-order valence-corrected chi connectivity index (χ3v) is 2.41. The predicted octanol–water partition coefficient (Wildman–Crippen LogP) is 1.51. The van der Waals surface area contributed by atoms with Crippen molar-refractivity contribution in [1.29, 1.82) is 0 Å². The molecule has 1 N–H and O–H groups in total. The first kappa shape index (κ1) is 11.7. The van der Waals surface area contributed by atoms with Crippen LogP contribution < -0.4 is 0 Å². The molecule has 0 saturated heterocycles. The van der Waals surface area contributed by atoms with Gasteiger partial charge in [-0.3, -0.25) is 4.79 Å². The number of hydrogen-bond acceptors (Lipinski definition) is 2. The van der Waals surface area contributed by atoms with Gasteiger partial charge < -0.3 is 10.0 Å². The molecule has 82 valence electrons. The summed E-state index contributed by atoms with van der Waals surface area (Å²) in [4.78, 5) is 12.9. The summed E-state index contributed by atoms with van der Waals surface area (Å²) in [5.74, 6) is -0.0641. The molecule has 0 saturated carbocycles. The lowest BCUT2D eigenvalue weighted by atomic mass is 10.0. The number of amides is 1. The predicted molar refractivity (Wildman–Crippen MR) is 59.4 cm³/mol. The van der Waals surface area contributed by atoms with Gasteiger partial charge in [-0.25, -0.2) is 0 Å². The van der Waals surface area contributed by atoms with E-state index >= 15 is 0 Å². The van der Waals surface area contributed by atoms with E-state index in [9.17, 15) is 9.90 Å². The Hall–Kier alpha value is -1.35. The van der Waals surface area contributed by atoms with Crippen molar-refractivity contribution in [2.45, 2.75) is 19.4 Å². The average molecular weight is 207 g/mol. The summed E-state index contributed by atoms with van der Waals surface area (Å²) in [7, 11) is 3.37. The molecular formula is C12H17NO2. The minimum Gasteiger partial charge on any atom is -0.388 e. The Kier molecular flexibility index (Phi) is 3.86. The van der Waals surface area contributed by atoms with Gasteiger partial charge in [0.2, 0.25) is 5.91 Å². The van der Waals surface area contributed by atoms with Gasteiger partial charge in [0.15, 0.2) is 0 Å². The lowest BCUT2D eigenvalue weighted by Crippen LogP contribution is -2.23. The highest BCUT2D eigenvalue weighted by Gasteiger charge is 2.15. The molecule has 0 unspecified atom stereocenters. The Morgan fingerprint density at radius 3 is 2.53 bits per heavy atom. The maximum absolute atomic E-state index is 11.4. The third-order valence-electron chi connectivity index (χ3n) is 2.41. The fourth-order valence-electron chi connectivity index (χ4n) is 1.42. The van der Waals surface area contributed by atoms with Crippen LogP contribution in [-0.4, -0.2) is 30.0 Å². The van der Waals surface area contributed by atoms with E-state index in [1.807, 2.05) is 31.2 Å². The van der Waals surface area contributed by atoms with Crippen LogP contribution in [0.5, 0.6) is 0 Å². The first-order valence-electron chi connectivity index (χ1n) is 4.96. The zero-order valence-corrected chi connectivity index (χ0v) is 9.40. The minimum atomic E-state index is -0.707. The molecule has 15 heavy (non-hydrogen) atoms. The molecule has 0 spiro atoms. The van der Waals surface area contributed by atoms with Crippen LogP contribution in [0.25, 0.3) is 0 Å². The molecule has 0 aliphatic heterocycles. The zero-order chi connectivity index (χ0) is 11.4. The topological polar surface area (TPSA) is 40.5 Å². The molecule has 0 aliphatic carbocycles. The summed E-state index contributed by atoms with van der Waals surface area (Å²) in [6.45, 7) is 1.93. The maximum Gasteiger partial charge on any atom is 0.225 e. The van der Waals surface area contributed by atoms with Gasteiger partial charge in [0.05, 0.1) is 12.5 Å². The summed E-state index contributed by atoms with van der Waals surface area (Å²) < 4.78 is 0.